The maximum absolute atomic E-state index is 5.32. The summed E-state index contributed by atoms with van der Waals surface area (Å²) >= 11 is 0. The third-order valence-electron chi connectivity index (χ3n) is 3.67. The highest BCUT2D eigenvalue weighted by molar-refractivity contribution is 5.57. The first-order valence-corrected chi connectivity index (χ1v) is 6.77. The summed E-state index contributed by atoms with van der Waals surface area (Å²) < 4.78 is 5.32. The lowest BCUT2D eigenvalue weighted by molar-refractivity contribution is 0.535. The third-order valence-corrected chi connectivity index (χ3v) is 3.67. The van der Waals surface area contributed by atoms with E-state index in [2.05, 4.69) is 29.1 Å². The maximum atomic E-state index is 5.32. The summed E-state index contributed by atoms with van der Waals surface area (Å²) in [6.45, 7) is 6.91. The molecule has 0 amide bonds. The van der Waals surface area contributed by atoms with E-state index < -0.39 is 0 Å². The predicted octanol–water partition coefficient (Wildman–Crippen LogP) is 2.91. The summed E-state index contributed by atoms with van der Waals surface area (Å²) in [5.41, 5.74) is 4.30. The second kappa shape index (κ2) is 4.78. The van der Waals surface area contributed by atoms with Crippen LogP contribution >= 0.6 is 0 Å². The highest BCUT2D eigenvalue weighted by Crippen LogP contribution is 2.24. The number of hydrogen-bond donors (Lipinski definition) is 1. The first-order chi connectivity index (χ1) is 9.15. The molecule has 0 spiro atoms. The summed E-state index contributed by atoms with van der Waals surface area (Å²) in [4.78, 5) is 9.25. The van der Waals surface area contributed by atoms with Gasteiger partial charge in [0.05, 0.1) is 11.8 Å². The van der Waals surface area contributed by atoms with Crippen LogP contribution in [0, 0.1) is 20.8 Å². The van der Waals surface area contributed by atoms with E-state index in [1.54, 1.807) is 6.26 Å². The second-order valence-electron chi connectivity index (χ2n) is 5.24. The molecule has 0 aliphatic heterocycles. The van der Waals surface area contributed by atoms with E-state index in [0.29, 0.717) is 6.04 Å². The molecule has 3 rings (SSSR count). The Morgan fingerprint density at radius 3 is 2.42 bits per heavy atom. The van der Waals surface area contributed by atoms with Gasteiger partial charge in [0.2, 0.25) is 0 Å². The van der Waals surface area contributed by atoms with Gasteiger partial charge in [0.25, 0.3) is 0 Å². The first-order valence-electron chi connectivity index (χ1n) is 6.77. The van der Waals surface area contributed by atoms with Gasteiger partial charge in [-0.05, 0) is 39.7 Å². The Morgan fingerprint density at radius 1 is 1.21 bits per heavy atom. The Balaban J connectivity index is 1.90. The van der Waals surface area contributed by atoms with Crippen LogP contribution in [-0.4, -0.2) is 16.0 Å². The monoisotopic (exact) mass is 257 g/mol. The molecular formula is C15H19N3O. The van der Waals surface area contributed by atoms with Gasteiger partial charge in [0.1, 0.15) is 5.76 Å². The number of aromatic nitrogens is 2. The maximum Gasteiger partial charge on any atom is 0.163 e. The van der Waals surface area contributed by atoms with E-state index >= 15 is 0 Å². The number of hydrogen-bond acceptors (Lipinski definition) is 4. The fourth-order valence-electron chi connectivity index (χ4n) is 2.27. The third kappa shape index (κ3) is 2.54. The molecule has 19 heavy (non-hydrogen) atoms. The number of nitrogens with one attached hydrogen (secondary N) is 1. The predicted molar refractivity (Wildman–Crippen MR) is 73.8 cm³/mol. The van der Waals surface area contributed by atoms with Gasteiger partial charge in [-0.1, -0.05) is 0 Å². The van der Waals surface area contributed by atoms with Gasteiger partial charge in [-0.25, -0.2) is 9.97 Å². The molecular weight excluding hydrogens is 238 g/mol. The summed E-state index contributed by atoms with van der Waals surface area (Å²) in [6.07, 6.45) is 4.28. The van der Waals surface area contributed by atoms with Crippen LogP contribution in [0.3, 0.4) is 0 Å². The van der Waals surface area contributed by atoms with Gasteiger partial charge >= 0.3 is 0 Å². The quantitative estimate of drug-likeness (QED) is 0.915. The zero-order valence-corrected chi connectivity index (χ0v) is 11.7. The lowest BCUT2D eigenvalue weighted by atomic mass is 10.1. The Hall–Kier alpha value is -1.68. The Labute approximate surface area is 113 Å². The van der Waals surface area contributed by atoms with Crippen molar-refractivity contribution in [3.8, 4) is 11.4 Å². The Kier molecular flexibility index (Phi) is 3.11. The molecule has 1 aliphatic rings. The summed E-state index contributed by atoms with van der Waals surface area (Å²) in [7, 11) is 0. The molecule has 0 bridgehead atoms. The van der Waals surface area contributed by atoms with Crippen LogP contribution < -0.4 is 5.32 Å². The molecule has 100 valence electrons. The van der Waals surface area contributed by atoms with Gasteiger partial charge in [0.15, 0.2) is 5.82 Å². The van der Waals surface area contributed by atoms with Crippen molar-refractivity contribution in [3.05, 3.63) is 35.0 Å². The topological polar surface area (TPSA) is 51.0 Å². The van der Waals surface area contributed by atoms with Gasteiger partial charge in [0, 0.05) is 29.5 Å². The zero-order chi connectivity index (χ0) is 13.4. The molecule has 0 unspecified atom stereocenters. The zero-order valence-electron chi connectivity index (χ0n) is 11.7. The van der Waals surface area contributed by atoms with Crippen LogP contribution in [0.4, 0.5) is 0 Å². The fourth-order valence-corrected chi connectivity index (χ4v) is 2.27. The van der Waals surface area contributed by atoms with E-state index in [1.807, 2.05) is 13.0 Å². The summed E-state index contributed by atoms with van der Waals surface area (Å²) in [5.74, 6) is 1.62. The first kappa shape index (κ1) is 12.4. The van der Waals surface area contributed by atoms with Crippen molar-refractivity contribution in [2.45, 2.75) is 46.2 Å². The lowest BCUT2D eigenvalue weighted by Crippen LogP contribution is -2.18. The molecule has 1 fully saturated rings. The van der Waals surface area contributed by atoms with Crippen molar-refractivity contribution in [2.24, 2.45) is 0 Å². The molecule has 1 aliphatic carbocycles. The molecule has 4 nitrogen and oxygen atoms in total. The minimum absolute atomic E-state index is 0.703. The van der Waals surface area contributed by atoms with Crippen LogP contribution in [-0.2, 0) is 6.54 Å². The minimum Gasteiger partial charge on any atom is -0.469 e. The Bertz CT molecular complexity index is 576. The smallest absolute Gasteiger partial charge is 0.163 e. The van der Waals surface area contributed by atoms with Gasteiger partial charge in [-0.15, -0.1) is 0 Å². The average molecular weight is 257 g/mol. The van der Waals surface area contributed by atoms with E-state index in [1.165, 1.54) is 18.4 Å². The molecule has 2 aromatic rings. The van der Waals surface area contributed by atoms with E-state index in [0.717, 1.165) is 35.1 Å². The number of furan rings is 1. The van der Waals surface area contributed by atoms with Crippen molar-refractivity contribution < 1.29 is 4.42 Å². The summed E-state index contributed by atoms with van der Waals surface area (Å²) in [6, 6.07) is 2.63. The van der Waals surface area contributed by atoms with E-state index in [4.69, 9.17) is 4.42 Å². The molecule has 0 atom stereocenters. The van der Waals surface area contributed by atoms with Crippen molar-refractivity contribution in [1.29, 1.82) is 0 Å². The molecule has 1 N–H and O–H groups in total. The van der Waals surface area contributed by atoms with Crippen LogP contribution in [0.2, 0.25) is 0 Å². The lowest BCUT2D eigenvalue weighted by Gasteiger charge is -2.11. The highest BCUT2D eigenvalue weighted by Gasteiger charge is 2.21. The molecule has 2 aromatic heterocycles. The molecule has 1 saturated carbocycles. The molecule has 0 aromatic carbocycles. The van der Waals surface area contributed by atoms with Crippen LogP contribution in [0.25, 0.3) is 11.4 Å². The fraction of sp³-hybridized carbons (Fsp3) is 0.467. The van der Waals surface area contributed by atoms with Gasteiger partial charge in [-0.2, -0.15) is 0 Å². The molecule has 2 heterocycles. The minimum atomic E-state index is 0.703. The molecule has 0 saturated heterocycles. The standard InChI is InChI=1S/C15H19N3O/c1-9-14(8-16-12-4-5-12)10(2)18-15(17-9)13-6-7-19-11(13)3/h6-7,12,16H,4-5,8H2,1-3H3. The highest BCUT2D eigenvalue weighted by atomic mass is 16.3. The van der Waals surface area contributed by atoms with E-state index in [9.17, 15) is 0 Å². The summed E-state index contributed by atoms with van der Waals surface area (Å²) in [5, 5.41) is 3.52. The second-order valence-corrected chi connectivity index (χ2v) is 5.24. The SMILES string of the molecule is Cc1nc(-c2ccoc2C)nc(C)c1CNC1CC1. The Morgan fingerprint density at radius 2 is 1.89 bits per heavy atom. The van der Waals surface area contributed by atoms with Crippen molar-refractivity contribution in [3.63, 3.8) is 0 Å². The van der Waals surface area contributed by atoms with E-state index in [-0.39, 0.29) is 0 Å². The van der Waals surface area contributed by atoms with Gasteiger partial charge < -0.3 is 9.73 Å². The number of aryl methyl sites for hydroxylation is 3. The number of rotatable bonds is 4. The van der Waals surface area contributed by atoms with Gasteiger partial charge in [-0.3, -0.25) is 0 Å². The molecule has 4 heteroatoms. The van der Waals surface area contributed by atoms with Crippen molar-refractivity contribution in [2.75, 3.05) is 0 Å². The van der Waals surface area contributed by atoms with Crippen LogP contribution in [0.15, 0.2) is 16.7 Å². The normalized spacial score (nSPS) is 14.9. The largest absolute Gasteiger partial charge is 0.469 e. The van der Waals surface area contributed by atoms with Crippen LogP contribution in [0.5, 0.6) is 0 Å². The average Bonchev–Trinajstić information content (AvgIpc) is 3.09. The van der Waals surface area contributed by atoms with Crippen molar-refractivity contribution >= 4 is 0 Å². The van der Waals surface area contributed by atoms with Crippen LogP contribution in [0.1, 0.15) is 35.6 Å². The number of nitrogens with zero attached hydrogens (tertiary/aromatic N) is 2. The van der Waals surface area contributed by atoms with Crippen molar-refractivity contribution in [1.82, 2.24) is 15.3 Å². The molecule has 0 radical (unpaired) electrons.